The molecule has 0 radical (unpaired) electrons. The quantitative estimate of drug-likeness (QED) is 0.407. The zero-order chi connectivity index (χ0) is 21.2. The van der Waals surface area contributed by atoms with Gasteiger partial charge in [-0.05, 0) is 43.7 Å². The third-order valence-electron chi connectivity index (χ3n) is 5.66. The molecule has 6 nitrogen and oxygen atoms in total. The minimum Gasteiger partial charge on any atom is -0.465 e. The predicted molar refractivity (Wildman–Crippen MR) is 120 cm³/mol. The predicted octanol–water partition coefficient (Wildman–Crippen LogP) is 5.12. The first-order chi connectivity index (χ1) is 15.2. The van der Waals surface area contributed by atoms with Gasteiger partial charge >= 0.3 is 5.97 Å². The van der Waals surface area contributed by atoms with Gasteiger partial charge in [0.2, 0.25) is 0 Å². The van der Waals surface area contributed by atoms with Crippen molar-refractivity contribution in [1.29, 1.82) is 0 Å². The number of carbonyl (C=O) groups excluding carboxylic acids is 1. The smallest absolute Gasteiger partial charge is 0.337 e. The molecule has 1 aliphatic rings. The molecule has 3 heterocycles. The third-order valence-corrected chi connectivity index (χ3v) is 6.60. The average molecular weight is 434 g/mol. The van der Waals surface area contributed by atoms with E-state index in [1.54, 1.807) is 23.5 Å². The number of para-hydroxylation sites is 2. The molecular weight excluding hydrogens is 410 g/mol. The van der Waals surface area contributed by atoms with Crippen LogP contribution in [0.5, 0.6) is 0 Å². The molecule has 31 heavy (non-hydrogen) atoms. The maximum atomic E-state index is 11.6. The number of piperidine rings is 1. The minimum atomic E-state index is -0.329. The Bertz CT molecular complexity index is 1170. The van der Waals surface area contributed by atoms with Gasteiger partial charge in [-0.25, -0.2) is 14.8 Å². The van der Waals surface area contributed by atoms with E-state index in [2.05, 4.69) is 10.3 Å². The Morgan fingerprint density at radius 2 is 2.03 bits per heavy atom. The SMILES string of the molecule is COC(=O)c1ccc(-c2nc(CN3CCCC(c4nc5ccccc5o4)C3)cs2)cc1. The first kappa shape index (κ1) is 19.9. The van der Waals surface area contributed by atoms with Crippen LogP contribution in [-0.2, 0) is 11.3 Å². The number of methoxy groups -OCH3 is 1. The number of hydrogen-bond donors (Lipinski definition) is 0. The molecule has 2 aromatic carbocycles. The molecule has 0 N–H and O–H groups in total. The van der Waals surface area contributed by atoms with E-state index in [4.69, 9.17) is 19.1 Å². The maximum absolute atomic E-state index is 11.6. The van der Waals surface area contributed by atoms with Crippen LogP contribution in [0, 0.1) is 0 Å². The van der Waals surface area contributed by atoms with Crippen molar-refractivity contribution in [3.63, 3.8) is 0 Å². The second-order valence-corrected chi connectivity index (χ2v) is 8.67. The van der Waals surface area contributed by atoms with Crippen LogP contribution in [-0.4, -0.2) is 41.0 Å². The zero-order valence-electron chi connectivity index (χ0n) is 17.3. The summed E-state index contributed by atoms with van der Waals surface area (Å²) in [7, 11) is 1.39. The zero-order valence-corrected chi connectivity index (χ0v) is 18.1. The lowest BCUT2D eigenvalue weighted by Crippen LogP contribution is -2.34. The monoisotopic (exact) mass is 433 g/mol. The highest BCUT2D eigenvalue weighted by atomic mass is 32.1. The molecule has 1 atom stereocenters. The molecule has 1 saturated heterocycles. The highest BCUT2D eigenvalue weighted by Gasteiger charge is 2.26. The molecular formula is C24H23N3O3S. The van der Waals surface area contributed by atoms with Crippen LogP contribution in [0.25, 0.3) is 21.7 Å². The summed E-state index contributed by atoms with van der Waals surface area (Å²) in [5, 5.41) is 3.08. The topological polar surface area (TPSA) is 68.5 Å². The Morgan fingerprint density at radius 1 is 1.19 bits per heavy atom. The number of esters is 1. The summed E-state index contributed by atoms with van der Waals surface area (Å²) in [6.45, 7) is 2.79. The van der Waals surface area contributed by atoms with E-state index in [1.807, 2.05) is 36.4 Å². The summed E-state index contributed by atoms with van der Waals surface area (Å²) in [4.78, 5) is 23.6. The fourth-order valence-corrected chi connectivity index (χ4v) is 4.89. The first-order valence-electron chi connectivity index (χ1n) is 10.4. The number of benzene rings is 2. The molecule has 2 aromatic heterocycles. The van der Waals surface area contributed by atoms with Crippen molar-refractivity contribution in [2.75, 3.05) is 20.2 Å². The van der Waals surface area contributed by atoms with Gasteiger partial charge in [0.15, 0.2) is 11.5 Å². The fraction of sp³-hybridized carbons (Fsp3) is 0.292. The highest BCUT2D eigenvalue weighted by Crippen LogP contribution is 2.30. The van der Waals surface area contributed by atoms with Crippen LogP contribution >= 0.6 is 11.3 Å². The molecule has 7 heteroatoms. The van der Waals surface area contributed by atoms with Gasteiger partial charge in [-0.1, -0.05) is 24.3 Å². The molecule has 1 unspecified atom stereocenters. The first-order valence-corrected chi connectivity index (χ1v) is 11.3. The van der Waals surface area contributed by atoms with Crippen molar-refractivity contribution in [2.45, 2.75) is 25.3 Å². The van der Waals surface area contributed by atoms with Gasteiger partial charge in [0.25, 0.3) is 0 Å². The van der Waals surface area contributed by atoms with Crippen molar-refractivity contribution in [2.24, 2.45) is 0 Å². The molecule has 158 valence electrons. The molecule has 0 aliphatic carbocycles. The lowest BCUT2D eigenvalue weighted by atomic mass is 9.98. The van der Waals surface area contributed by atoms with Gasteiger partial charge in [0, 0.05) is 30.0 Å². The molecule has 5 rings (SSSR count). The number of thiazole rings is 1. The average Bonchev–Trinajstić information content (AvgIpc) is 3.46. The molecule has 1 aliphatic heterocycles. The number of ether oxygens (including phenoxy) is 1. The highest BCUT2D eigenvalue weighted by molar-refractivity contribution is 7.13. The van der Waals surface area contributed by atoms with Gasteiger partial charge in [0.1, 0.15) is 10.5 Å². The molecule has 0 saturated carbocycles. The van der Waals surface area contributed by atoms with E-state index in [0.717, 1.165) is 65.7 Å². The summed E-state index contributed by atoms with van der Waals surface area (Å²) in [5.41, 5.74) is 4.40. The largest absolute Gasteiger partial charge is 0.465 e. The van der Waals surface area contributed by atoms with Crippen LogP contribution in [0.4, 0.5) is 0 Å². The summed E-state index contributed by atoms with van der Waals surface area (Å²) in [6, 6.07) is 15.3. The fourth-order valence-electron chi connectivity index (χ4n) is 4.07. The molecule has 1 fully saturated rings. The minimum absolute atomic E-state index is 0.310. The number of nitrogens with zero attached hydrogens (tertiary/aromatic N) is 3. The van der Waals surface area contributed by atoms with E-state index >= 15 is 0 Å². The third kappa shape index (κ3) is 4.24. The summed E-state index contributed by atoms with van der Waals surface area (Å²) < 4.78 is 10.8. The number of likely N-dealkylation sites (tertiary alicyclic amines) is 1. The summed E-state index contributed by atoms with van der Waals surface area (Å²) in [6.07, 6.45) is 2.22. The normalized spacial score (nSPS) is 17.1. The van der Waals surface area contributed by atoms with Gasteiger partial charge in [-0.15, -0.1) is 11.3 Å². The van der Waals surface area contributed by atoms with E-state index in [9.17, 15) is 4.79 Å². The van der Waals surface area contributed by atoms with Crippen LogP contribution in [0.2, 0.25) is 0 Å². The van der Waals surface area contributed by atoms with Crippen molar-refractivity contribution >= 4 is 28.4 Å². The van der Waals surface area contributed by atoms with Crippen molar-refractivity contribution in [1.82, 2.24) is 14.9 Å². The molecule has 0 bridgehead atoms. The second-order valence-electron chi connectivity index (χ2n) is 7.81. The van der Waals surface area contributed by atoms with E-state index in [0.29, 0.717) is 11.5 Å². The number of rotatable bonds is 5. The van der Waals surface area contributed by atoms with Gasteiger partial charge in [-0.2, -0.15) is 0 Å². The Kier molecular flexibility index (Phi) is 5.53. The van der Waals surface area contributed by atoms with E-state index in [1.165, 1.54) is 7.11 Å². The van der Waals surface area contributed by atoms with Crippen LogP contribution in [0.1, 0.15) is 40.7 Å². The number of aromatic nitrogens is 2. The van der Waals surface area contributed by atoms with Crippen LogP contribution in [0.15, 0.2) is 58.3 Å². The lowest BCUT2D eigenvalue weighted by Gasteiger charge is -2.30. The lowest BCUT2D eigenvalue weighted by molar-refractivity contribution is 0.0600. The van der Waals surface area contributed by atoms with Gasteiger partial charge < -0.3 is 9.15 Å². The number of carbonyl (C=O) groups is 1. The standard InChI is InChI=1S/C24H23N3O3S/c1-29-24(28)17-10-8-16(9-11-17)23-25-19(15-31-23)14-27-12-4-5-18(13-27)22-26-20-6-2-3-7-21(20)30-22/h2-3,6-11,15,18H,4-5,12-14H2,1H3. The van der Waals surface area contributed by atoms with Crippen molar-refractivity contribution in [3.8, 4) is 10.6 Å². The Balaban J connectivity index is 1.26. The van der Waals surface area contributed by atoms with Crippen molar-refractivity contribution < 1.29 is 13.9 Å². The maximum Gasteiger partial charge on any atom is 0.337 e. The van der Waals surface area contributed by atoms with Gasteiger partial charge in [-0.3, -0.25) is 4.90 Å². The Labute approximate surface area is 184 Å². The Hall–Kier alpha value is -3.03. The molecule has 0 spiro atoms. The second kappa shape index (κ2) is 8.61. The molecule has 4 aromatic rings. The summed E-state index contributed by atoms with van der Waals surface area (Å²) >= 11 is 1.63. The number of oxazole rings is 1. The van der Waals surface area contributed by atoms with Gasteiger partial charge in [0.05, 0.1) is 18.4 Å². The Morgan fingerprint density at radius 3 is 2.84 bits per heavy atom. The van der Waals surface area contributed by atoms with E-state index in [-0.39, 0.29) is 5.97 Å². The number of fused-ring (bicyclic) bond motifs is 1. The van der Waals surface area contributed by atoms with Crippen LogP contribution in [0.3, 0.4) is 0 Å². The van der Waals surface area contributed by atoms with E-state index < -0.39 is 0 Å². The summed E-state index contributed by atoms with van der Waals surface area (Å²) in [5.74, 6) is 0.825. The van der Waals surface area contributed by atoms with Crippen molar-refractivity contribution in [3.05, 3.63) is 71.1 Å². The number of hydrogen-bond acceptors (Lipinski definition) is 7. The molecule has 0 amide bonds. The van der Waals surface area contributed by atoms with Crippen LogP contribution < -0.4 is 0 Å².